The van der Waals surface area contributed by atoms with Crippen molar-refractivity contribution in [1.29, 1.82) is 0 Å². The predicted octanol–water partition coefficient (Wildman–Crippen LogP) is 13.1. The molecule has 11 aromatic rings. The lowest BCUT2D eigenvalue weighted by Gasteiger charge is -2.13. The van der Waals surface area contributed by atoms with Crippen molar-refractivity contribution in [2.45, 2.75) is 0 Å². The van der Waals surface area contributed by atoms with Crippen LogP contribution >= 0.6 is 0 Å². The lowest BCUT2D eigenvalue weighted by molar-refractivity contribution is 0.669. The van der Waals surface area contributed by atoms with Crippen molar-refractivity contribution in [3.05, 3.63) is 182 Å². The minimum Gasteiger partial charge on any atom is -0.456 e. The van der Waals surface area contributed by atoms with Gasteiger partial charge in [-0.2, -0.15) is 0 Å². The van der Waals surface area contributed by atoms with Crippen molar-refractivity contribution in [1.82, 2.24) is 9.13 Å². The van der Waals surface area contributed by atoms with Crippen LogP contribution in [0.15, 0.2) is 186 Å². The molecule has 0 N–H and O–H groups in total. The molecule has 0 aliphatic carbocycles. The summed E-state index contributed by atoms with van der Waals surface area (Å²) in [5, 5.41) is 3.74. The van der Waals surface area contributed by atoms with Crippen molar-refractivity contribution in [2.75, 3.05) is 0 Å². The fraction of sp³-hybridized carbons (Fsp3) is 0. The fourth-order valence-corrected chi connectivity index (χ4v) is 7.53. The minimum absolute atomic E-state index is 0.0436. The van der Waals surface area contributed by atoms with E-state index in [1.807, 2.05) is 72.8 Å². The topological polar surface area (TPSA) is 23.0 Å². The number of rotatable bonds is 4. The molecule has 0 unspecified atom stereocenters. The highest BCUT2D eigenvalue weighted by molar-refractivity contribution is 6.16. The summed E-state index contributed by atoms with van der Waals surface area (Å²) in [7, 11) is 0. The van der Waals surface area contributed by atoms with E-state index in [0.717, 1.165) is 49.4 Å². The van der Waals surface area contributed by atoms with Gasteiger partial charge in [-0.25, -0.2) is 0 Å². The molecule has 238 valence electrons. The highest BCUT2D eigenvalue weighted by Crippen LogP contribution is 2.42. The molecule has 0 spiro atoms. The first-order valence-corrected chi connectivity index (χ1v) is 16.5. The molecule has 0 saturated carbocycles. The van der Waals surface area contributed by atoms with Gasteiger partial charge in [-0.3, -0.25) is 0 Å². The summed E-state index contributed by atoms with van der Waals surface area (Å²) in [4.78, 5) is 0. The normalized spacial score (nSPS) is 14.9. The van der Waals surface area contributed by atoms with E-state index in [-0.39, 0.29) is 44.8 Å². The van der Waals surface area contributed by atoms with Crippen LogP contribution in [0.2, 0.25) is 0 Å². The first-order valence-electron chi connectivity index (χ1n) is 22.0. The molecular weight excluding hydrogens is 621 g/mol. The maximum atomic E-state index is 10.0. The van der Waals surface area contributed by atoms with Crippen LogP contribution in [0, 0.1) is 0 Å². The lowest BCUT2D eigenvalue weighted by atomic mass is 10.0. The average Bonchev–Trinajstić information content (AvgIpc) is 3.96. The van der Waals surface area contributed by atoms with Gasteiger partial charge in [0, 0.05) is 32.6 Å². The Labute approximate surface area is 309 Å². The summed E-state index contributed by atoms with van der Waals surface area (Å²) in [5.74, 6) is 0. The summed E-state index contributed by atoms with van der Waals surface area (Å²) in [5.41, 5.74) is 5.04. The van der Waals surface area contributed by atoms with E-state index in [4.69, 9.17) is 16.8 Å². The highest BCUT2D eigenvalue weighted by atomic mass is 16.3. The maximum absolute atomic E-state index is 10.0. The van der Waals surface area contributed by atoms with Crippen molar-refractivity contribution < 1.29 is 19.5 Å². The van der Waals surface area contributed by atoms with Crippen LogP contribution in [0.5, 0.6) is 0 Å². The monoisotopic (exact) mass is 661 g/mol. The molecule has 8 aromatic carbocycles. The Hall–Kier alpha value is -6.84. The number of hydrogen-bond acceptors (Lipinski definition) is 1. The zero-order valence-electron chi connectivity index (χ0n) is 37.8. The number of benzene rings is 8. The van der Waals surface area contributed by atoms with Crippen LogP contribution in [-0.2, 0) is 0 Å². The molecule has 0 radical (unpaired) electrons. The molecule has 51 heavy (non-hydrogen) atoms. The number of furan rings is 1. The van der Waals surface area contributed by atoms with Gasteiger partial charge in [0.2, 0.25) is 0 Å². The number of para-hydroxylation sites is 4. The van der Waals surface area contributed by atoms with Gasteiger partial charge in [-0.15, -0.1) is 0 Å². The van der Waals surface area contributed by atoms with Crippen LogP contribution in [0.3, 0.4) is 0 Å². The number of aromatic nitrogens is 2. The smallest absolute Gasteiger partial charge is 0.138 e. The van der Waals surface area contributed by atoms with Gasteiger partial charge < -0.3 is 13.6 Å². The van der Waals surface area contributed by atoms with Crippen molar-refractivity contribution in [2.24, 2.45) is 0 Å². The average molecular weight is 662 g/mol. The molecule has 3 heteroatoms. The Morgan fingerprint density at radius 3 is 1.90 bits per heavy atom. The second-order valence-corrected chi connectivity index (χ2v) is 12.5. The van der Waals surface area contributed by atoms with Crippen molar-refractivity contribution in [3.8, 4) is 33.6 Å². The Balaban J connectivity index is 1.27. The third-order valence-electron chi connectivity index (χ3n) is 9.72. The largest absolute Gasteiger partial charge is 0.456 e. The third kappa shape index (κ3) is 4.19. The Morgan fingerprint density at radius 2 is 1.06 bits per heavy atom. The van der Waals surface area contributed by atoms with E-state index in [1.165, 1.54) is 0 Å². The molecule has 0 aliphatic heterocycles. The molecule has 0 aliphatic rings. The summed E-state index contributed by atoms with van der Waals surface area (Å²) < 4.78 is 108. The third-order valence-corrected chi connectivity index (χ3v) is 9.72. The summed E-state index contributed by atoms with van der Waals surface area (Å²) in [6.45, 7) is 0. The van der Waals surface area contributed by atoms with Crippen LogP contribution in [0.1, 0.15) is 15.1 Å². The lowest BCUT2D eigenvalue weighted by Crippen LogP contribution is -1.96. The van der Waals surface area contributed by atoms with Crippen LogP contribution in [0.4, 0.5) is 0 Å². The van der Waals surface area contributed by atoms with Crippen molar-refractivity contribution in [3.63, 3.8) is 0 Å². The van der Waals surface area contributed by atoms with Gasteiger partial charge in [0.25, 0.3) is 0 Å². The Bertz CT molecular complexity index is 3750. The van der Waals surface area contributed by atoms with E-state index in [2.05, 4.69) is 47.0 Å². The van der Waals surface area contributed by atoms with Crippen LogP contribution in [0.25, 0.3) is 99.2 Å². The van der Waals surface area contributed by atoms with Crippen molar-refractivity contribution >= 4 is 65.6 Å². The minimum atomic E-state index is -0.643. The van der Waals surface area contributed by atoms with Gasteiger partial charge >= 0.3 is 0 Å². The molecule has 0 fully saturated rings. The maximum Gasteiger partial charge on any atom is 0.138 e. The molecular formula is C48H30N2O. The standard InChI is InChI=1S/C48H30N2O/c1-3-13-31(14-4-1)34-29-45(48-39-19-9-12-22-46(39)51-47(48)30-34)50-42-21-11-7-17-36(42)38-25-23-33(28-44(38)50)32-24-26-43-40(27-32)37-18-8-10-20-41(37)49(43)35-15-5-2-6-16-35/h1-30H/i1D,3D,4D,9D,12D,13D,14D,19D,22D,29D,30D. The van der Waals surface area contributed by atoms with Gasteiger partial charge in [0.1, 0.15) is 11.2 Å². The SMILES string of the molecule is [2H]c1c([2H])c([2H])c(-c2c([2H])c(-n3c4ccccc4c4ccc(-c5ccc6c(c5)c5ccccc5n6-c5ccccc5)cc43)c3c(oc4c([2H])c([2H])c([2H])c([2H])c43)c2[2H])c([2H])c1[2H]. The molecule has 0 atom stereocenters. The first kappa shape index (κ1) is 19.4. The highest BCUT2D eigenvalue weighted by Gasteiger charge is 2.20. The summed E-state index contributed by atoms with van der Waals surface area (Å²) in [6.07, 6.45) is 0. The van der Waals surface area contributed by atoms with Crippen LogP contribution in [-0.4, -0.2) is 9.13 Å². The van der Waals surface area contributed by atoms with E-state index in [0.29, 0.717) is 11.0 Å². The quantitative estimate of drug-likeness (QED) is 0.184. The van der Waals surface area contributed by atoms with E-state index in [9.17, 15) is 2.74 Å². The molecule has 0 saturated heterocycles. The Kier molecular flexibility index (Phi) is 4.11. The van der Waals surface area contributed by atoms with Crippen LogP contribution < -0.4 is 0 Å². The van der Waals surface area contributed by atoms with Gasteiger partial charge in [0.05, 0.1) is 48.2 Å². The molecule has 3 nitrogen and oxygen atoms in total. The predicted molar refractivity (Wildman–Crippen MR) is 213 cm³/mol. The fourth-order valence-electron chi connectivity index (χ4n) is 7.53. The first-order chi connectivity index (χ1) is 29.9. The van der Waals surface area contributed by atoms with Gasteiger partial charge in [0.15, 0.2) is 0 Å². The number of hydrogen-bond donors (Lipinski definition) is 0. The summed E-state index contributed by atoms with van der Waals surface area (Å²) in [6, 6.07) is 32.3. The number of nitrogens with zero attached hydrogens (tertiary/aromatic N) is 2. The zero-order valence-corrected chi connectivity index (χ0v) is 26.8. The molecule has 3 heterocycles. The molecule has 3 aromatic heterocycles. The van der Waals surface area contributed by atoms with Gasteiger partial charge in [-0.05, 0) is 82.8 Å². The zero-order chi connectivity index (χ0) is 43.0. The van der Waals surface area contributed by atoms with Gasteiger partial charge in [-0.1, -0.05) is 121 Å². The number of fused-ring (bicyclic) bond motifs is 9. The molecule has 11 rings (SSSR count). The van der Waals surface area contributed by atoms with E-state index in [1.54, 1.807) is 4.57 Å². The van der Waals surface area contributed by atoms with E-state index >= 15 is 0 Å². The molecule has 0 amide bonds. The van der Waals surface area contributed by atoms with E-state index < -0.39 is 60.4 Å². The second kappa shape index (κ2) is 10.8. The second-order valence-electron chi connectivity index (χ2n) is 12.5. The summed E-state index contributed by atoms with van der Waals surface area (Å²) >= 11 is 0. The molecule has 0 bridgehead atoms. The Morgan fingerprint density at radius 1 is 0.412 bits per heavy atom.